The van der Waals surface area contributed by atoms with E-state index in [0.717, 1.165) is 25.7 Å². The molecule has 7 heteroatoms. The third-order valence-electron chi connectivity index (χ3n) is 3.12. The van der Waals surface area contributed by atoms with E-state index >= 15 is 0 Å². The number of nitrogens with one attached hydrogen (secondary N) is 1. The van der Waals surface area contributed by atoms with E-state index in [0.29, 0.717) is 16.8 Å². The van der Waals surface area contributed by atoms with Gasteiger partial charge in [-0.1, -0.05) is 33.7 Å². The summed E-state index contributed by atoms with van der Waals surface area (Å²) in [6.07, 6.45) is 3.90. The molecule has 1 saturated carbocycles. The highest BCUT2D eigenvalue weighted by atomic mass is 79.9. The van der Waals surface area contributed by atoms with Crippen molar-refractivity contribution in [1.82, 2.24) is 4.89 Å². The van der Waals surface area contributed by atoms with E-state index in [-0.39, 0.29) is 11.0 Å². The van der Waals surface area contributed by atoms with Gasteiger partial charge in [0.2, 0.25) is 0 Å². The van der Waals surface area contributed by atoms with Crippen molar-refractivity contribution in [1.29, 1.82) is 0 Å². The third-order valence-corrected chi connectivity index (χ3v) is 4.83. The number of rotatable bonds is 6. The Morgan fingerprint density at radius 2 is 2.05 bits per heavy atom. The van der Waals surface area contributed by atoms with E-state index in [1.54, 1.807) is 19.1 Å². The van der Waals surface area contributed by atoms with Gasteiger partial charge in [0, 0.05) is 4.47 Å². The van der Waals surface area contributed by atoms with Crippen LogP contribution in [0.1, 0.15) is 32.6 Å². The largest absolute Gasteiger partial charge is 0.492 e. The Morgan fingerprint density at radius 1 is 1.35 bits per heavy atom. The van der Waals surface area contributed by atoms with E-state index in [9.17, 15) is 8.42 Å². The van der Waals surface area contributed by atoms with Crippen LogP contribution in [-0.2, 0) is 14.9 Å². The molecule has 0 saturated heterocycles. The maximum Gasteiger partial charge on any atom is 0.266 e. The first-order valence-electron chi connectivity index (χ1n) is 6.62. The van der Waals surface area contributed by atoms with Crippen LogP contribution in [0.2, 0.25) is 0 Å². The molecule has 0 amide bonds. The summed E-state index contributed by atoms with van der Waals surface area (Å²) >= 11 is 3.27. The van der Waals surface area contributed by atoms with Crippen molar-refractivity contribution in [2.24, 2.45) is 0 Å². The molecule has 112 valence electrons. The Labute approximate surface area is 127 Å². The van der Waals surface area contributed by atoms with Crippen molar-refractivity contribution >= 4 is 26.0 Å². The van der Waals surface area contributed by atoms with Crippen LogP contribution in [0, 0.1) is 0 Å². The number of hydrogen-bond acceptors (Lipinski definition) is 4. The maximum atomic E-state index is 12.3. The Hall–Kier alpha value is -0.630. The number of benzene rings is 1. The smallest absolute Gasteiger partial charge is 0.266 e. The molecule has 1 N–H and O–H groups in total. The molecule has 20 heavy (non-hydrogen) atoms. The molecule has 0 aliphatic heterocycles. The van der Waals surface area contributed by atoms with Crippen molar-refractivity contribution < 1.29 is 18.0 Å². The summed E-state index contributed by atoms with van der Waals surface area (Å²) in [6, 6.07) is 4.87. The lowest BCUT2D eigenvalue weighted by atomic mass is 10.3. The number of halogens is 1. The molecule has 0 aromatic heterocycles. The summed E-state index contributed by atoms with van der Waals surface area (Å²) in [6.45, 7) is 2.20. The van der Waals surface area contributed by atoms with E-state index in [1.807, 2.05) is 0 Å². The summed E-state index contributed by atoms with van der Waals surface area (Å²) in [4.78, 5) is 7.58. The topological polar surface area (TPSA) is 64.6 Å². The van der Waals surface area contributed by atoms with E-state index in [1.165, 1.54) is 6.07 Å². The predicted molar refractivity (Wildman–Crippen MR) is 79.0 cm³/mol. The zero-order chi connectivity index (χ0) is 14.6. The molecule has 0 spiro atoms. The van der Waals surface area contributed by atoms with Gasteiger partial charge in [-0.25, -0.2) is 8.42 Å². The summed E-state index contributed by atoms with van der Waals surface area (Å²) in [5, 5.41) is 0. The minimum Gasteiger partial charge on any atom is -0.492 e. The molecule has 0 heterocycles. The van der Waals surface area contributed by atoms with Crippen LogP contribution in [-0.4, -0.2) is 21.1 Å². The van der Waals surface area contributed by atoms with Crippen molar-refractivity contribution in [2.75, 3.05) is 6.61 Å². The molecule has 2 rings (SSSR count). The summed E-state index contributed by atoms with van der Waals surface area (Å²) in [7, 11) is -3.75. The van der Waals surface area contributed by atoms with Gasteiger partial charge in [-0.2, -0.15) is 0 Å². The van der Waals surface area contributed by atoms with E-state index in [4.69, 9.17) is 9.57 Å². The fraction of sp³-hybridized carbons (Fsp3) is 0.538. The van der Waals surface area contributed by atoms with Gasteiger partial charge in [0.25, 0.3) is 10.0 Å². The zero-order valence-corrected chi connectivity index (χ0v) is 13.7. The van der Waals surface area contributed by atoms with Crippen LogP contribution < -0.4 is 9.62 Å². The highest BCUT2D eigenvalue weighted by Gasteiger charge is 2.23. The first-order chi connectivity index (χ1) is 9.53. The van der Waals surface area contributed by atoms with Gasteiger partial charge < -0.3 is 4.74 Å². The van der Waals surface area contributed by atoms with Crippen molar-refractivity contribution in [3.8, 4) is 5.75 Å². The molecule has 1 aliphatic carbocycles. The second-order valence-electron chi connectivity index (χ2n) is 4.64. The lowest BCUT2D eigenvalue weighted by Gasteiger charge is -2.14. The second-order valence-corrected chi connectivity index (χ2v) is 7.16. The highest BCUT2D eigenvalue weighted by Crippen LogP contribution is 2.28. The minimum absolute atomic E-state index is 0.0347. The summed E-state index contributed by atoms with van der Waals surface area (Å²) in [5.41, 5.74) is 0. The summed E-state index contributed by atoms with van der Waals surface area (Å²) in [5.74, 6) is 0.318. The normalized spacial score (nSPS) is 16.5. The van der Waals surface area contributed by atoms with Crippen LogP contribution in [0.25, 0.3) is 0 Å². The van der Waals surface area contributed by atoms with Gasteiger partial charge in [-0.3, -0.25) is 4.84 Å². The predicted octanol–water partition coefficient (Wildman–Crippen LogP) is 3.00. The van der Waals surface area contributed by atoms with Gasteiger partial charge in [0.05, 0.1) is 12.7 Å². The van der Waals surface area contributed by atoms with Gasteiger partial charge >= 0.3 is 0 Å². The second kappa shape index (κ2) is 6.89. The van der Waals surface area contributed by atoms with Crippen LogP contribution in [0.15, 0.2) is 27.6 Å². The maximum absolute atomic E-state index is 12.3. The quantitative estimate of drug-likeness (QED) is 0.789. The Kier molecular flexibility index (Phi) is 5.42. The lowest BCUT2D eigenvalue weighted by Crippen LogP contribution is -2.28. The van der Waals surface area contributed by atoms with Gasteiger partial charge in [-0.05, 0) is 38.0 Å². The Bertz CT molecular complexity index is 555. The van der Waals surface area contributed by atoms with Crippen LogP contribution in [0.5, 0.6) is 5.75 Å². The molecule has 1 aliphatic rings. The average molecular weight is 364 g/mol. The summed E-state index contributed by atoms with van der Waals surface area (Å²) < 4.78 is 30.6. The lowest BCUT2D eigenvalue weighted by molar-refractivity contribution is 0.0222. The molecule has 1 fully saturated rings. The first kappa shape index (κ1) is 15.8. The van der Waals surface area contributed by atoms with Crippen molar-refractivity contribution in [2.45, 2.75) is 43.6 Å². The molecular weight excluding hydrogens is 346 g/mol. The fourth-order valence-corrected chi connectivity index (χ4v) is 3.69. The van der Waals surface area contributed by atoms with Crippen molar-refractivity contribution in [3.63, 3.8) is 0 Å². The fourth-order valence-electron chi connectivity index (χ4n) is 2.15. The minimum atomic E-state index is -3.75. The van der Waals surface area contributed by atoms with Gasteiger partial charge in [0.1, 0.15) is 10.6 Å². The monoisotopic (exact) mass is 363 g/mol. The Balaban J connectivity index is 2.16. The number of ether oxygens (including phenoxy) is 1. The highest BCUT2D eigenvalue weighted by molar-refractivity contribution is 9.10. The Morgan fingerprint density at radius 3 is 2.70 bits per heavy atom. The number of sulfonamides is 1. The SMILES string of the molecule is CCOc1ccc(Br)cc1S(=O)(=O)NOC1CCCC1. The van der Waals surface area contributed by atoms with E-state index < -0.39 is 10.0 Å². The molecule has 1 aromatic carbocycles. The molecule has 0 radical (unpaired) electrons. The van der Waals surface area contributed by atoms with Crippen LogP contribution in [0.4, 0.5) is 0 Å². The average Bonchev–Trinajstić information content (AvgIpc) is 2.92. The standard InChI is InChI=1S/C13H18BrNO4S/c1-2-18-12-8-7-10(14)9-13(12)20(16,17)15-19-11-5-3-4-6-11/h7-9,11,15H,2-6H2,1H3. The zero-order valence-electron chi connectivity index (χ0n) is 11.3. The van der Waals surface area contributed by atoms with Crippen LogP contribution in [0.3, 0.4) is 0 Å². The molecular formula is C13H18BrNO4S. The third kappa shape index (κ3) is 3.94. The molecule has 0 atom stereocenters. The number of hydrogen-bond donors (Lipinski definition) is 1. The molecule has 5 nitrogen and oxygen atoms in total. The molecule has 0 bridgehead atoms. The molecule has 0 unspecified atom stereocenters. The van der Waals surface area contributed by atoms with Crippen LogP contribution >= 0.6 is 15.9 Å². The van der Waals surface area contributed by atoms with E-state index in [2.05, 4.69) is 20.8 Å². The first-order valence-corrected chi connectivity index (χ1v) is 8.90. The molecule has 1 aromatic rings. The van der Waals surface area contributed by atoms with Gasteiger partial charge in [-0.15, -0.1) is 0 Å². The van der Waals surface area contributed by atoms with Crippen molar-refractivity contribution in [3.05, 3.63) is 22.7 Å². The van der Waals surface area contributed by atoms with Gasteiger partial charge in [0.15, 0.2) is 0 Å².